The molecule has 0 aliphatic heterocycles. The van der Waals surface area contributed by atoms with Crippen LogP contribution in [-0.4, -0.2) is 27.0 Å². The predicted octanol–water partition coefficient (Wildman–Crippen LogP) is 6.14. The Labute approximate surface area is 203 Å². The maximum absolute atomic E-state index is 12.4. The molecule has 1 atom stereocenters. The van der Waals surface area contributed by atoms with Gasteiger partial charge in [-0.25, -0.2) is 0 Å². The molecular formula is C29H27N3O3. The number of carbonyl (C=O) groups excluding carboxylic acids is 1. The number of hydrogen-bond donors (Lipinski definition) is 4. The number of benzene rings is 3. The molecule has 0 saturated heterocycles. The fraction of sp³-hybridized carbons (Fsp3) is 0.172. The Kier molecular flexibility index (Phi) is 6.10. The zero-order chi connectivity index (χ0) is 24.4. The van der Waals surface area contributed by atoms with Crippen molar-refractivity contribution in [2.24, 2.45) is 0 Å². The maximum Gasteiger partial charge on any atom is 0.303 e. The molecule has 6 heteroatoms. The van der Waals surface area contributed by atoms with Crippen molar-refractivity contribution in [1.29, 1.82) is 0 Å². The fourth-order valence-corrected chi connectivity index (χ4v) is 4.97. The van der Waals surface area contributed by atoms with Crippen LogP contribution in [0.1, 0.15) is 41.1 Å². The van der Waals surface area contributed by atoms with Gasteiger partial charge in [-0.3, -0.25) is 9.59 Å². The number of carbonyl (C=O) groups is 2. The van der Waals surface area contributed by atoms with Gasteiger partial charge in [0, 0.05) is 51.7 Å². The van der Waals surface area contributed by atoms with Gasteiger partial charge in [-0.1, -0.05) is 54.6 Å². The number of aromatic nitrogens is 2. The monoisotopic (exact) mass is 465 g/mol. The van der Waals surface area contributed by atoms with E-state index in [9.17, 15) is 9.59 Å². The highest BCUT2D eigenvalue weighted by Gasteiger charge is 2.25. The molecule has 0 unspecified atom stereocenters. The van der Waals surface area contributed by atoms with Gasteiger partial charge in [-0.05, 0) is 48.2 Å². The number of para-hydroxylation sites is 3. The first-order valence-electron chi connectivity index (χ1n) is 11.7. The molecule has 0 fully saturated rings. The minimum Gasteiger partial charge on any atom is -0.481 e. The smallest absolute Gasteiger partial charge is 0.303 e. The third kappa shape index (κ3) is 4.55. The standard InChI is InChI=1S/C29H27N3O3/c1-18-29(21-10-4-7-13-26(21)31-18)22(23-17-30-25-12-6-3-9-20(23)25)16-19-8-2-5-11-24(19)32-27(33)14-15-28(34)35/h2-13,17,22,30-31H,14-16H2,1H3,(H,32,33)(H,34,35)/t22-/m0/s1. The Morgan fingerprint density at radius 2 is 1.57 bits per heavy atom. The number of aromatic amines is 2. The molecule has 0 saturated carbocycles. The van der Waals surface area contributed by atoms with Gasteiger partial charge in [0.1, 0.15) is 0 Å². The van der Waals surface area contributed by atoms with Gasteiger partial charge in [0.15, 0.2) is 0 Å². The lowest BCUT2D eigenvalue weighted by Gasteiger charge is -2.20. The van der Waals surface area contributed by atoms with Crippen LogP contribution in [0.5, 0.6) is 0 Å². The Balaban J connectivity index is 1.59. The van der Waals surface area contributed by atoms with E-state index in [1.807, 2.05) is 36.4 Å². The summed E-state index contributed by atoms with van der Waals surface area (Å²) in [6, 6.07) is 24.4. The van der Waals surface area contributed by atoms with Crippen LogP contribution in [0.25, 0.3) is 21.8 Å². The van der Waals surface area contributed by atoms with Gasteiger partial charge in [0.2, 0.25) is 5.91 Å². The SMILES string of the molecule is Cc1[nH]c2ccccc2c1[C@@H](Cc1ccccc1NC(=O)CCC(=O)O)c1c[nH]c2ccccc12. The van der Waals surface area contributed by atoms with Crippen molar-refractivity contribution in [3.63, 3.8) is 0 Å². The summed E-state index contributed by atoms with van der Waals surface area (Å²) in [6.45, 7) is 2.11. The second-order valence-electron chi connectivity index (χ2n) is 8.85. The van der Waals surface area contributed by atoms with E-state index < -0.39 is 5.97 Å². The number of H-pyrrole nitrogens is 2. The third-order valence-electron chi connectivity index (χ3n) is 6.57. The first-order chi connectivity index (χ1) is 17.0. The van der Waals surface area contributed by atoms with Crippen LogP contribution in [0.4, 0.5) is 5.69 Å². The molecule has 4 N–H and O–H groups in total. The third-order valence-corrected chi connectivity index (χ3v) is 6.57. The summed E-state index contributed by atoms with van der Waals surface area (Å²) in [5.41, 5.74) is 7.43. The number of fused-ring (bicyclic) bond motifs is 2. The molecule has 3 aromatic carbocycles. The lowest BCUT2D eigenvalue weighted by molar-refractivity contribution is -0.138. The van der Waals surface area contributed by atoms with E-state index in [2.05, 4.69) is 64.8 Å². The van der Waals surface area contributed by atoms with Crippen molar-refractivity contribution in [3.8, 4) is 0 Å². The highest BCUT2D eigenvalue weighted by molar-refractivity contribution is 5.93. The molecule has 6 nitrogen and oxygen atoms in total. The minimum atomic E-state index is -0.984. The first-order valence-corrected chi connectivity index (χ1v) is 11.7. The summed E-state index contributed by atoms with van der Waals surface area (Å²) in [5, 5.41) is 14.2. The zero-order valence-corrected chi connectivity index (χ0v) is 19.5. The second-order valence-corrected chi connectivity index (χ2v) is 8.85. The number of anilines is 1. The molecule has 5 aromatic rings. The first kappa shape index (κ1) is 22.5. The van der Waals surface area contributed by atoms with Crippen molar-refractivity contribution in [3.05, 3.63) is 101 Å². The van der Waals surface area contributed by atoms with Gasteiger partial charge < -0.3 is 20.4 Å². The summed E-state index contributed by atoms with van der Waals surface area (Å²) in [7, 11) is 0. The number of carboxylic acids is 1. The van der Waals surface area contributed by atoms with Gasteiger partial charge in [-0.2, -0.15) is 0 Å². The van der Waals surface area contributed by atoms with Crippen molar-refractivity contribution in [2.45, 2.75) is 32.1 Å². The molecule has 0 aliphatic rings. The minimum absolute atomic E-state index is 0.0272. The van der Waals surface area contributed by atoms with Gasteiger partial charge in [0.25, 0.3) is 0 Å². The number of rotatable bonds is 8. The summed E-state index contributed by atoms with van der Waals surface area (Å²) >= 11 is 0. The van der Waals surface area contributed by atoms with E-state index in [-0.39, 0.29) is 24.7 Å². The topological polar surface area (TPSA) is 98.0 Å². The average Bonchev–Trinajstić information content (AvgIpc) is 3.43. The Bertz CT molecular complexity index is 1530. The Hall–Kier alpha value is -4.32. The van der Waals surface area contributed by atoms with Crippen LogP contribution >= 0.6 is 0 Å². The quantitative estimate of drug-likeness (QED) is 0.222. The molecule has 176 valence electrons. The molecule has 1 amide bonds. The number of aliphatic carboxylic acids is 1. The van der Waals surface area contributed by atoms with E-state index in [4.69, 9.17) is 5.11 Å². The molecule has 2 heterocycles. The Morgan fingerprint density at radius 1 is 0.886 bits per heavy atom. The number of hydrogen-bond acceptors (Lipinski definition) is 2. The lowest BCUT2D eigenvalue weighted by atomic mass is 9.84. The van der Waals surface area contributed by atoms with Crippen molar-refractivity contribution in [2.75, 3.05) is 5.32 Å². The number of nitrogens with one attached hydrogen (secondary N) is 3. The number of carboxylic acid groups (broad SMARTS) is 1. The lowest BCUT2D eigenvalue weighted by Crippen LogP contribution is -2.15. The van der Waals surface area contributed by atoms with Crippen LogP contribution in [0, 0.1) is 6.92 Å². The largest absolute Gasteiger partial charge is 0.481 e. The van der Waals surface area contributed by atoms with Crippen molar-refractivity contribution in [1.82, 2.24) is 9.97 Å². The van der Waals surface area contributed by atoms with E-state index in [0.717, 1.165) is 22.3 Å². The molecule has 0 radical (unpaired) electrons. The second kappa shape index (κ2) is 9.50. The van der Waals surface area contributed by atoms with Gasteiger partial charge >= 0.3 is 5.97 Å². The molecule has 0 spiro atoms. The number of amides is 1. The fourth-order valence-electron chi connectivity index (χ4n) is 4.97. The van der Waals surface area contributed by atoms with E-state index >= 15 is 0 Å². The predicted molar refractivity (Wildman–Crippen MR) is 139 cm³/mol. The van der Waals surface area contributed by atoms with Crippen LogP contribution in [0.2, 0.25) is 0 Å². The highest BCUT2D eigenvalue weighted by atomic mass is 16.4. The molecule has 35 heavy (non-hydrogen) atoms. The number of aryl methyl sites for hydroxylation is 1. The average molecular weight is 466 g/mol. The van der Waals surface area contributed by atoms with Gasteiger partial charge in [-0.15, -0.1) is 0 Å². The van der Waals surface area contributed by atoms with E-state index in [1.165, 1.54) is 21.9 Å². The van der Waals surface area contributed by atoms with Crippen LogP contribution in [0.15, 0.2) is 79.0 Å². The van der Waals surface area contributed by atoms with E-state index in [0.29, 0.717) is 12.1 Å². The summed E-state index contributed by atoms with van der Waals surface area (Å²) in [5.74, 6) is -1.26. The Morgan fingerprint density at radius 3 is 2.37 bits per heavy atom. The zero-order valence-electron chi connectivity index (χ0n) is 19.5. The normalized spacial score (nSPS) is 12.1. The van der Waals surface area contributed by atoms with Crippen molar-refractivity contribution >= 4 is 39.4 Å². The molecule has 0 aliphatic carbocycles. The molecule has 5 rings (SSSR count). The van der Waals surface area contributed by atoms with Crippen LogP contribution in [0.3, 0.4) is 0 Å². The summed E-state index contributed by atoms with van der Waals surface area (Å²) < 4.78 is 0. The van der Waals surface area contributed by atoms with E-state index in [1.54, 1.807) is 0 Å². The molecule has 0 bridgehead atoms. The maximum atomic E-state index is 12.4. The van der Waals surface area contributed by atoms with Gasteiger partial charge in [0.05, 0.1) is 6.42 Å². The van der Waals surface area contributed by atoms with Crippen LogP contribution < -0.4 is 5.32 Å². The highest BCUT2D eigenvalue weighted by Crippen LogP contribution is 2.40. The summed E-state index contributed by atoms with van der Waals surface area (Å²) in [6.07, 6.45) is 2.50. The van der Waals surface area contributed by atoms with Crippen molar-refractivity contribution < 1.29 is 14.7 Å². The molecule has 2 aromatic heterocycles. The van der Waals surface area contributed by atoms with Crippen LogP contribution in [-0.2, 0) is 16.0 Å². The summed E-state index contributed by atoms with van der Waals surface area (Å²) in [4.78, 5) is 30.3. The molecular weight excluding hydrogens is 438 g/mol.